The Morgan fingerprint density at radius 2 is 1.74 bits per heavy atom. The Hall–Kier alpha value is -2.61. The van der Waals surface area contributed by atoms with Crippen LogP contribution in [0.25, 0.3) is 0 Å². The molecule has 0 spiro atoms. The van der Waals surface area contributed by atoms with Crippen molar-refractivity contribution in [3.05, 3.63) is 35.9 Å². The quantitative estimate of drug-likeness (QED) is 0.607. The van der Waals surface area contributed by atoms with Gasteiger partial charge in [-0.15, -0.1) is 0 Å². The highest BCUT2D eigenvalue weighted by Gasteiger charge is 2.23. The second-order valence-corrected chi connectivity index (χ2v) is 5.09. The average molecular weight is 324 g/mol. The Balaban J connectivity index is 0.000000379. The van der Waals surface area contributed by atoms with E-state index in [4.69, 9.17) is 30.3 Å². The van der Waals surface area contributed by atoms with E-state index in [2.05, 4.69) is 5.32 Å². The van der Waals surface area contributed by atoms with Crippen LogP contribution in [0.2, 0.25) is 0 Å². The van der Waals surface area contributed by atoms with Crippen LogP contribution in [0.15, 0.2) is 30.3 Å². The number of carboxylic acid groups (broad SMARTS) is 2. The van der Waals surface area contributed by atoms with Crippen molar-refractivity contribution in [2.45, 2.75) is 38.0 Å². The number of hydrogen-bond acceptors (Lipinski definition) is 5. The number of ether oxygens (including phenoxy) is 1. The predicted molar refractivity (Wildman–Crippen MR) is 80.6 cm³/mol. The Morgan fingerprint density at radius 1 is 1.13 bits per heavy atom. The van der Waals surface area contributed by atoms with Crippen LogP contribution in [-0.2, 0) is 20.9 Å². The molecule has 1 aliphatic carbocycles. The van der Waals surface area contributed by atoms with E-state index in [1.165, 1.54) is 0 Å². The fourth-order valence-corrected chi connectivity index (χ4v) is 2.08. The molecule has 0 aromatic heterocycles. The van der Waals surface area contributed by atoms with E-state index in [1.54, 1.807) is 0 Å². The molecular formula is C15H20N2O6. The van der Waals surface area contributed by atoms with Crippen LogP contribution < -0.4 is 11.1 Å². The predicted octanol–water partition coefficient (Wildman–Crippen LogP) is 0.948. The molecule has 2 rings (SSSR count). The van der Waals surface area contributed by atoms with Gasteiger partial charge in [-0.3, -0.25) is 0 Å². The van der Waals surface area contributed by atoms with Gasteiger partial charge in [0.2, 0.25) is 0 Å². The Kier molecular flexibility index (Phi) is 7.55. The first-order chi connectivity index (χ1) is 10.9. The molecule has 126 valence electrons. The number of amides is 1. The van der Waals surface area contributed by atoms with Crippen molar-refractivity contribution in [1.82, 2.24) is 5.32 Å². The lowest BCUT2D eigenvalue weighted by Gasteiger charge is -2.12. The molecule has 0 unspecified atom stereocenters. The van der Waals surface area contributed by atoms with Gasteiger partial charge in [-0.2, -0.15) is 0 Å². The Bertz CT molecular complexity index is 522. The summed E-state index contributed by atoms with van der Waals surface area (Å²) in [6, 6.07) is 10.0. The van der Waals surface area contributed by atoms with Crippen LogP contribution in [0.1, 0.15) is 24.8 Å². The van der Waals surface area contributed by atoms with Gasteiger partial charge in [0.25, 0.3) is 0 Å². The second-order valence-electron chi connectivity index (χ2n) is 5.09. The van der Waals surface area contributed by atoms with Crippen molar-refractivity contribution in [3.63, 3.8) is 0 Å². The standard InChI is InChI=1S/C13H18N2O2.C2H2O4/c14-11-6-7-12(8-11)15-13(16)17-9-10-4-2-1-3-5-10;3-1(4)2(5)6/h1-5,11-12H,6-9,14H2,(H,15,16);(H,3,4)(H,5,6)/t11-,12+;/m0./s1. The molecule has 1 fully saturated rings. The molecule has 8 heteroatoms. The van der Waals surface area contributed by atoms with Crippen molar-refractivity contribution < 1.29 is 29.3 Å². The van der Waals surface area contributed by atoms with Crippen molar-refractivity contribution in [2.24, 2.45) is 5.73 Å². The summed E-state index contributed by atoms with van der Waals surface area (Å²) in [6.45, 7) is 0.311. The molecule has 1 aromatic carbocycles. The third-order valence-corrected chi connectivity index (χ3v) is 3.19. The van der Waals surface area contributed by atoms with Gasteiger partial charge in [0, 0.05) is 12.1 Å². The largest absolute Gasteiger partial charge is 0.473 e. The third kappa shape index (κ3) is 7.82. The summed E-state index contributed by atoms with van der Waals surface area (Å²) in [7, 11) is 0. The summed E-state index contributed by atoms with van der Waals surface area (Å²) in [5.74, 6) is -3.65. The van der Waals surface area contributed by atoms with Crippen LogP contribution in [0.4, 0.5) is 4.79 Å². The smallest absolute Gasteiger partial charge is 0.414 e. The topological polar surface area (TPSA) is 139 Å². The zero-order valence-electron chi connectivity index (χ0n) is 12.5. The van der Waals surface area contributed by atoms with E-state index in [9.17, 15) is 4.79 Å². The SMILES string of the molecule is N[C@H]1CC[C@@H](NC(=O)OCc2ccccc2)C1.O=C(O)C(=O)O. The molecule has 5 N–H and O–H groups in total. The molecular weight excluding hydrogens is 304 g/mol. The van der Waals surface area contributed by atoms with Gasteiger partial charge in [-0.05, 0) is 24.8 Å². The molecule has 1 amide bonds. The van der Waals surface area contributed by atoms with Crippen molar-refractivity contribution >= 4 is 18.0 Å². The fraction of sp³-hybridized carbons (Fsp3) is 0.400. The van der Waals surface area contributed by atoms with Crippen LogP contribution in [0.3, 0.4) is 0 Å². The van der Waals surface area contributed by atoms with Gasteiger partial charge >= 0.3 is 18.0 Å². The maximum Gasteiger partial charge on any atom is 0.414 e. The van der Waals surface area contributed by atoms with E-state index in [1.807, 2.05) is 30.3 Å². The first-order valence-corrected chi connectivity index (χ1v) is 7.07. The number of alkyl carbamates (subject to hydrolysis) is 1. The number of nitrogens with one attached hydrogen (secondary N) is 1. The molecule has 23 heavy (non-hydrogen) atoms. The average Bonchev–Trinajstić information content (AvgIpc) is 2.92. The summed E-state index contributed by atoms with van der Waals surface area (Å²) in [4.78, 5) is 29.7. The zero-order chi connectivity index (χ0) is 17.2. The van der Waals surface area contributed by atoms with Crippen molar-refractivity contribution in [2.75, 3.05) is 0 Å². The van der Waals surface area contributed by atoms with Crippen LogP contribution >= 0.6 is 0 Å². The van der Waals surface area contributed by atoms with E-state index < -0.39 is 11.9 Å². The van der Waals surface area contributed by atoms with E-state index in [0.29, 0.717) is 6.61 Å². The van der Waals surface area contributed by atoms with Gasteiger partial charge in [0.05, 0.1) is 0 Å². The second kappa shape index (κ2) is 9.42. The van der Waals surface area contributed by atoms with Crippen LogP contribution in [-0.4, -0.2) is 40.3 Å². The highest BCUT2D eigenvalue weighted by Crippen LogP contribution is 2.17. The number of carbonyl (C=O) groups is 3. The molecule has 0 aliphatic heterocycles. The summed E-state index contributed by atoms with van der Waals surface area (Å²) in [5.41, 5.74) is 6.77. The minimum atomic E-state index is -1.82. The zero-order valence-corrected chi connectivity index (χ0v) is 12.5. The third-order valence-electron chi connectivity index (χ3n) is 3.19. The van der Waals surface area contributed by atoms with Gasteiger partial charge in [0.1, 0.15) is 6.61 Å². The van der Waals surface area contributed by atoms with E-state index in [-0.39, 0.29) is 18.2 Å². The molecule has 0 saturated heterocycles. The van der Waals surface area contributed by atoms with Gasteiger partial charge in [-0.1, -0.05) is 30.3 Å². The maximum absolute atomic E-state index is 11.5. The van der Waals surface area contributed by atoms with Crippen LogP contribution in [0.5, 0.6) is 0 Å². The number of carboxylic acids is 2. The first kappa shape index (κ1) is 18.4. The Morgan fingerprint density at radius 3 is 2.22 bits per heavy atom. The van der Waals surface area contributed by atoms with Gasteiger partial charge in [0.15, 0.2) is 0 Å². The molecule has 0 radical (unpaired) electrons. The molecule has 1 aromatic rings. The van der Waals surface area contributed by atoms with Crippen molar-refractivity contribution in [1.29, 1.82) is 0 Å². The minimum Gasteiger partial charge on any atom is -0.473 e. The summed E-state index contributed by atoms with van der Waals surface area (Å²) in [5, 5.41) is 17.6. The first-order valence-electron chi connectivity index (χ1n) is 7.07. The number of aliphatic carboxylic acids is 2. The Labute approximate surface area is 133 Å². The summed E-state index contributed by atoms with van der Waals surface area (Å²) >= 11 is 0. The lowest BCUT2D eigenvalue weighted by Crippen LogP contribution is -2.34. The number of rotatable bonds is 3. The highest BCUT2D eigenvalue weighted by atomic mass is 16.5. The monoisotopic (exact) mass is 324 g/mol. The summed E-state index contributed by atoms with van der Waals surface area (Å²) < 4.78 is 5.13. The van der Waals surface area contributed by atoms with E-state index >= 15 is 0 Å². The van der Waals surface area contributed by atoms with Crippen molar-refractivity contribution in [3.8, 4) is 0 Å². The molecule has 2 atom stereocenters. The lowest BCUT2D eigenvalue weighted by atomic mass is 10.2. The number of hydrogen-bond donors (Lipinski definition) is 4. The van der Waals surface area contributed by atoms with Gasteiger partial charge < -0.3 is 26.0 Å². The summed E-state index contributed by atoms with van der Waals surface area (Å²) in [6.07, 6.45) is 2.42. The molecule has 1 saturated carbocycles. The lowest BCUT2D eigenvalue weighted by molar-refractivity contribution is -0.159. The minimum absolute atomic E-state index is 0.174. The van der Waals surface area contributed by atoms with Gasteiger partial charge in [-0.25, -0.2) is 14.4 Å². The number of benzene rings is 1. The number of carbonyl (C=O) groups excluding carboxylic acids is 1. The highest BCUT2D eigenvalue weighted by molar-refractivity contribution is 6.27. The molecule has 0 bridgehead atoms. The number of nitrogens with two attached hydrogens (primary N) is 1. The van der Waals surface area contributed by atoms with Crippen LogP contribution in [0, 0.1) is 0 Å². The normalized spacial score (nSPS) is 19.2. The van der Waals surface area contributed by atoms with E-state index in [0.717, 1.165) is 24.8 Å². The molecule has 1 aliphatic rings. The maximum atomic E-state index is 11.5. The molecule has 8 nitrogen and oxygen atoms in total. The fourth-order valence-electron chi connectivity index (χ4n) is 2.08. The molecule has 0 heterocycles.